The molecule has 2 heterocycles. The molecule has 2 aromatic heterocycles. The molecule has 0 fully saturated rings. The molecule has 1 unspecified atom stereocenters. The van der Waals surface area contributed by atoms with E-state index in [4.69, 9.17) is 4.74 Å². The van der Waals surface area contributed by atoms with Crippen LogP contribution < -0.4 is 10.3 Å². The van der Waals surface area contributed by atoms with Crippen molar-refractivity contribution < 1.29 is 4.74 Å². The minimum Gasteiger partial charge on any atom is -0.485 e. The maximum absolute atomic E-state index is 12.5. The molecule has 1 atom stereocenters. The van der Waals surface area contributed by atoms with E-state index < -0.39 is 0 Å². The maximum atomic E-state index is 12.5. The van der Waals surface area contributed by atoms with Gasteiger partial charge in [0.25, 0.3) is 5.56 Å². The van der Waals surface area contributed by atoms with Gasteiger partial charge in [-0.3, -0.25) is 9.36 Å². The van der Waals surface area contributed by atoms with E-state index in [1.165, 1.54) is 11.8 Å². The van der Waals surface area contributed by atoms with E-state index in [2.05, 4.69) is 20.2 Å². The van der Waals surface area contributed by atoms with Gasteiger partial charge in [0, 0.05) is 5.69 Å². The third-order valence-corrected chi connectivity index (χ3v) is 6.52. The van der Waals surface area contributed by atoms with E-state index in [1.807, 2.05) is 91.2 Å². The summed E-state index contributed by atoms with van der Waals surface area (Å²) in [7, 11) is 0. The highest BCUT2D eigenvalue weighted by Gasteiger charge is 2.20. The van der Waals surface area contributed by atoms with Crippen molar-refractivity contribution in [1.82, 2.24) is 24.7 Å². The highest BCUT2D eigenvalue weighted by molar-refractivity contribution is 7.99. The highest BCUT2D eigenvalue weighted by atomic mass is 32.2. The van der Waals surface area contributed by atoms with Crippen molar-refractivity contribution in [2.75, 3.05) is 0 Å². The zero-order chi connectivity index (χ0) is 23.5. The summed E-state index contributed by atoms with van der Waals surface area (Å²) in [6.45, 7) is 4.27. The van der Waals surface area contributed by atoms with Gasteiger partial charge in [0.2, 0.25) is 0 Å². The minimum atomic E-state index is -0.158. The Balaban J connectivity index is 1.47. The van der Waals surface area contributed by atoms with Gasteiger partial charge in [0.15, 0.2) is 11.0 Å². The zero-order valence-electron chi connectivity index (χ0n) is 18.8. The first-order valence-corrected chi connectivity index (χ1v) is 11.8. The van der Waals surface area contributed by atoms with Crippen molar-refractivity contribution in [2.45, 2.75) is 30.9 Å². The number of rotatable bonds is 7. The van der Waals surface area contributed by atoms with Crippen molar-refractivity contribution >= 4 is 22.7 Å². The first-order chi connectivity index (χ1) is 16.6. The van der Waals surface area contributed by atoms with Gasteiger partial charge in [-0.15, -0.1) is 10.2 Å². The zero-order valence-corrected chi connectivity index (χ0v) is 19.6. The van der Waals surface area contributed by atoms with Crippen LogP contribution in [-0.2, 0) is 6.61 Å². The molecular weight excluding hydrogens is 446 g/mol. The number of nitrogens with one attached hydrogen (secondary N) is 1. The Morgan fingerprint density at radius 2 is 1.71 bits per heavy atom. The summed E-state index contributed by atoms with van der Waals surface area (Å²) in [5, 5.41) is 9.99. The molecular formula is C26H23N5O2S. The van der Waals surface area contributed by atoms with Crippen LogP contribution in [0.1, 0.15) is 29.4 Å². The number of hydrogen-bond donors (Lipinski definition) is 1. The molecule has 0 saturated carbocycles. The summed E-state index contributed by atoms with van der Waals surface area (Å²) < 4.78 is 8.04. The molecule has 3 aromatic carbocycles. The molecule has 34 heavy (non-hydrogen) atoms. The lowest BCUT2D eigenvalue weighted by Gasteiger charge is -2.14. The number of hydrogen-bond acceptors (Lipinski definition) is 6. The molecule has 0 aliphatic carbocycles. The van der Waals surface area contributed by atoms with Crippen molar-refractivity contribution in [2.24, 2.45) is 0 Å². The lowest BCUT2D eigenvalue weighted by molar-refractivity contribution is 0.291. The van der Waals surface area contributed by atoms with Crippen LogP contribution in [0.3, 0.4) is 0 Å². The average Bonchev–Trinajstić information content (AvgIpc) is 3.26. The van der Waals surface area contributed by atoms with E-state index in [0.29, 0.717) is 27.7 Å². The predicted molar refractivity (Wildman–Crippen MR) is 134 cm³/mol. The molecule has 0 aliphatic heterocycles. The Hall–Kier alpha value is -3.91. The van der Waals surface area contributed by atoms with E-state index in [1.54, 1.807) is 6.07 Å². The van der Waals surface area contributed by atoms with Crippen LogP contribution in [0.15, 0.2) is 88.8 Å². The van der Waals surface area contributed by atoms with Crippen LogP contribution in [0.4, 0.5) is 0 Å². The van der Waals surface area contributed by atoms with Crippen LogP contribution >= 0.6 is 11.8 Å². The van der Waals surface area contributed by atoms with Crippen molar-refractivity contribution in [3.8, 4) is 11.4 Å². The number of aromatic amines is 1. The SMILES string of the molecule is Cc1ccccc1OCc1nnc(SC(C)c2nc3ccccc3c(=O)[nH]2)n1-c1ccccc1. The highest BCUT2D eigenvalue weighted by Crippen LogP contribution is 2.34. The van der Waals surface area contributed by atoms with E-state index in [-0.39, 0.29) is 17.4 Å². The van der Waals surface area contributed by atoms with Gasteiger partial charge >= 0.3 is 0 Å². The molecule has 7 nitrogen and oxygen atoms in total. The number of fused-ring (bicyclic) bond motifs is 1. The fourth-order valence-corrected chi connectivity index (χ4v) is 4.62. The molecule has 0 aliphatic rings. The number of thioether (sulfide) groups is 1. The number of nitrogens with zero attached hydrogens (tertiary/aromatic N) is 4. The normalized spacial score (nSPS) is 12.1. The van der Waals surface area contributed by atoms with Gasteiger partial charge < -0.3 is 9.72 Å². The van der Waals surface area contributed by atoms with Crippen LogP contribution in [0.5, 0.6) is 5.75 Å². The Morgan fingerprint density at radius 3 is 2.53 bits per heavy atom. The number of aryl methyl sites for hydroxylation is 1. The van der Waals surface area contributed by atoms with Gasteiger partial charge in [-0.25, -0.2) is 4.98 Å². The number of aromatic nitrogens is 5. The minimum absolute atomic E-state index is 0.148. The maximum Gasteiger partial charge on any atom is 0.258 e. The molecule has 0 saturated heterocycles. The van der Waals surface area contributed by atoms with Gasteiger partial charge in [-0.05, 0) is 49.7 Å². The third-order valence-electron chi connectivity index (χ3n) is 5.46. The van der Waals surface area contributed by atoms with Gasteiger partial charge in [0.05, 0.1) is 16.2 Å². The fraction of sp³-hybridized carbons (Fsp3) is 0.154. The molecule has 5 rings (SSSR count). The van der Waals surface area contributed by atoms with E-state index in [9.17, 15) is 4.79 Å². The first kappa shape index (κ1) is 21.9. The van der Waals surface area contributed by atoms with Gasteiger partial charge in [0.1, 0.15) is 18.2 Å². The second-order valence-corrected chi connectivity index (χ2v) is 9.16. The Morgan fingerprint density at radius 1 is 0.971 bits per heavy atom. The number of H-pyrrole nitrogens is 1. The van der Waals surface area contributed by atoms with E-state index >= 15 is 0 Å². The van der Waals surface area contributed by atoms with Crippen LogP contribution in [0.25, 0.3) is 16.6 Å². The summed E-state index contributed by atoms with van der Waals surface area (Å²) in [6, 6.07) is 25.1. The Kier molecular flexibility index (Phi) is 6.14. The first-order valence-electron chi connectivity index (χ1n) is 10.9. The van der Waals surface area contributed by atoms with Crippen molar-refractivity contribution in [3.63, 3.8) is 0 Å². The molecule has 0 radical (unpaired) electrons. The second kappa shape index (κ2) is 9.52. The predicted octanol–water partition coefficient (Wildman–Crippen LogP) is 5.24. The topological polar surface area (TPSA) is 85.7 Å². The molecule has 0 bridgehead atoms. The average molecular weight is 470 g/mol. The fourth-order valence-electron chi connectivity index (χ4n) is 3.68. The lowest BCUT2D eigenvalue weighted by Crippen LogP contribution is -2.13. The molecule has 0 spiro atoms. The Bertz CT molecular complexity index is 1500. The summed E-state index contributed by atoms with van der Waals surface area (Å²) >= 11 is 1.48. The molecule has 170 valence electrons. The monoisotopic (exact) mass is 469 g/mol. The molecule has 5 aromatic rings. The number of ether oxygens (including phenoxy) is 1. The number of benzene rings is 3. The van der Waals surface area contributed by atoms with E-state index in [0.717, 1.165) is 17.0 Å². The molecule has 0 amide bonds. The van der Waals surface area contributed by atoms with Gasteiger partial charge in [-0.1, -0.05) is 60.3 Å². The third kappa shape index (κ3) is 4.45. The Labute approximate surface area is 200 Å². The lowest BCUT2D eigenvalue weighted by atomic mass is 10.2. The summed E-state index contributed by atoms with van der Waals surface area (Å²) in [6.07, 6.45) is 0. The van der Waals surface area contributed by atoms with Crippen molar-refractivity contribution in [3.05, 3.63) is 106 Å². The molecule has 8 heteroatoms. The van der Waals surface area contributed by atoms with Crippen LogP contribution in [-0.4, -0.2) is 24.7 Å². The summed E-state index contributed by atoms with van der Waals surface area (Å²) in [5.41, 5.74) is 2.52. The summed E-state index contributed by atoms with van der Waals surface area (Å²) in [4.78, 5) is 20.1. The van der Waals surface area contributed by atoms with Crippen LogP contribution in [0.2, 0.25) is 0 Å². The number of para-hydroxylation sites is 3. The smallest absolute Gasteiger partial charge is 0.258 e. The van der Waals surface area contributed by atoms with Gasteiger partial charge in [-0.2, -0.15) is 0 Å². The van der Waals surface area contributed by atoms with Crippen molar-refractivity contribution in [1.29, 1.82) is 0 Å². The van der Waals surface area contributed by atoms with Crippen LogP contribution in [0, 0.1) is 6.92 Å². The quantitative estimate of drug-likeness (QED) is 0.328. The molecule has 1 N–H and O–H groups in total. The summed E-state index contributed by atoms with van der Waals surface area (Å²) in [5.74, 6) is 2.09. The second-order valence-electron chi connectivity index (χ2n) is 7.85. The largest absolute Gasteiger partial charge is 0.485 e. The standard InChI is InChI=1S/C26H23N5O2S/c1-17-10-6-9-15-22(17)33-16-23-29-30-26(31(23)19-11-4-3-5-12-19)34-18(2)24-27-21-14-8-7-13-20(21)25(32)28-24/h3-15,18H,16H2,1-2H3,(H,27,28,32).